The van der Waals surface area contributed by atoms with E-state index in [1.54, 1.807) is 7.11 Å². The van der Waals surface area contributed by atoms with Crippen LogP contribution in [0.2, 0.25) is 5.02 Å². The van der Waals surface area contributed by atoms with Gasteiger partial charge in [-0.05, 0) is 36.8 Å². The highest BCUT2D eigenvalue weighted by molar-refractivity contribution is 7.98. The molecule has 0 spiro atoms. The minimum Gasteiger partial charge on any atom is -0.383 e. The number of rotatable bonds is 10. The van der Waals surface area contributed by atoms with Crippen LogP contribution in [-0.4, -0.2) is 32.6 Å². The zero-order valence-electron chi connectivity index (χ0n) is 11.0. The fourth-order valence-electron chi connectivity index (χ4n) is 1.55. The van der Waals surface area contributed by atoms with Crippen LogP contribution >= 0.6 is 23.4 Å². The van der Waals surface area contributed by atoms with E-state index in [0.717, 1.165) is 30.5 Å². The smallest absolute Gasteiger partial charge is 0.0587 e. The quantitative estimate of drug-likeness (QED) is 0.665. The van der Waals surface area contributed by atoms with Gasteiger partial charge < -0.3 is 10.1 Å². The van der Waals surface area contributed by atoms with E-state index >= 15 is 0 Å². The van der Waals surface area contributed by atoms with E-state index in [1.807, 2.05) is 30.0 Å². The molecule has 1 rings (SSSR count). The summed E-state index contributed by atoms with van der Waals surface area (Å²) in [5.74, 6) is 2.20. The van der Waals surface area contributed by atoms with Crippen LogP contribution < -0.4 is 5.32 Å². The maximum Gasteiger partial charge on any atom is 0.0587 e. The number of hydrogen-bond acceptors (Lipinski definition) is 3. The Hall–Kier alpha value is -0.220. The topological polar surface area (TPSA) is 21.3 Å². The molecule has 2 nitrogen and oxygen atoms in total. The number of nitrogens with one attached hydrogen (secondary N) is 1. The van der Waals surface area contributed by atoms with E-state index in [-0.39, 0.29) is 0 Å². The summed E-state index contributed by atoms with van der Waals surface area (Å²) in [7, 11) is 1.73. The first-order valence-corrected chi connectivity index (χ1v) is 7.88. The van der Waals surface area contributed by atoms with Gasteiger partial charge in [-0.2, -0.15) is 11.8 Å². The second-order valence-electron chi connectivity index (χ2n) is 4.09. The maximum atomic E-state index is 6.10. The number of ether oxygens (including phenoxy) is 1. The van der Waals surface area contributed by atoms with Crippen molar-refractivity contribution in [2.45, 2.75) is 18.6 Å². The summed E-state index contributed by atoms with van der Waals surface area (Å²) in [6, 6.07) is 8.07. The fourth-order valence-corrected chi connectivity index (χ4v) is 2.86. The van der Waals surface area contributed by atoms with Crippen molar-refractivity contribution < 1.29 is 4.74 Å². The van der Waals surface area contributed by atoms with Crippen molar-refractivity contribution in [2.75, 3.05) is 32.6 Å². The van der Waals surface area contributed by atoms with Gasteiger partial charge in [0.15, 0.2) is 0 Å². The van der Waals surface area contributed by atoms with Crippen molar-refractivity contribution in [3.05, 3.63) is 34.9 Å². The summed E-state index contributed by atoms with van der Waals surface area (Å²) >= 11 is 8.05. The predicted octanol–water partition coefficient (Wildman–Crippen LogP) is 3.59. The van der Waals surface area contributed by atoms with Gasteiger partial charge in [0.1, 0.15) is 0 Å². The van der Waals surface area contributed by atoms with E-state index in [1.165, 1.54) is 24.2 Å². The normalized spacial score (nSPS) is 10.8. The Bertz CT molecular complexity index is 322. The first-order chi connectivity index (χ1) is 8.84. The van der Waals surface area contributed by atoms with Gasteiger partial charge in [0, 0.05) is 24.4 Å². The van der Waals surface area contributed by atoms with Crippen LogP contribution in [0.1, 0.15) is 18.4 Å². The molecule has 0 saturated carbocycles. The van der Waals surface area contributed by atoms with E-state index in [0.29, 0.717) is 0 Å². The Morgan fingerprint density at radius 3 is 2.83 bits per heavy atom. The first-order valence-electron chi connectivity index (χ1n) is 6.35. The van der Waals surface area contributed by atoms with Gasteiger partial charge in [-0.25, -0.2) is 0 Å². The lowest BCUT2D eigenvalue weighted by Gasteiger charge is -2.05. The molecule has 0 aliphatic rings. The van der Waals surface area contributed by atoms with Crippen LogP contribution in [0.4, 0.5) is 0 Å². The molecule has 0 amide bonds. The minimum absolute atomic E-state index is 0.793. The molecule has 0 fully saturated rings. The highest BCUT2D eigenvalue weighted by Gasteiger charge is 1.98. The number of benzene rings is 1. The van der Waals surface area contributed by atoms with Gasteiger partial charge in [-0.15, -0.1) is 0 Å². The molecule has 1 N–H and O–H groups in total. The SMILES string of the molecule is COCCNCCCCSCc1ccccc1Cl. The first kappa shape index (κ1) is 15.8. The standard InChI is InChI=1S/C14H22ClNOS/c1-17-10-9-16-8-4-5-11-18-12-13-6-2-3-7-14(13)15/h2-3,6-7,16H,4-5,8-12H2,1H3. The Kier molecular flexibility index (Phi) is 9.40. The molecule has 0 unspecified atom stereocenters. The highest BCUT2D eigenvalue weighted by Crippen LogP contribution is 2.21. The average Bonchev–Trinajstić information content (AvgIpc) is 2.39. The van der Waals surface area contributed by atoms with Crippen molar-refractivity contribution in [1.82, 2.24) is 5.32 Å². The van der Waals surface area contributed by atoms with Crippen LogP contribution in [0.25, 0.3) is 0 Å². The lowest BCUT2D eigenvalue weighted by Crippen LogP contribution is -2.20. The van der Waals surface area contributed by atoms with Gasteiger partial charge in [-0.1, -0.05) is 29.8 Å². The fraction of sp³-hybridized carbons (Fsp3) is 0.571. The molecular weight excluding hydrogens is 266 g/mol. The maximum absolute atomic E-state index is 6.10. The molecule has 18 heavy (non-hydrogen) atoms. The molecule has 0 aromatic heterocycles. The largest absolute Gasteiger partial charge is 0.383 e. The molecule has 0 saturated heterocycles. The molecular formula is C14H22ClNOS. The third kappa shape index (κ3) is 7.27. The van der Waals surface area contributed by atoms with Gasteiger partial charge in [-0.3, -0.25) is 0 Å². The van der Waals surface area contributed by atoms with Gasteiger partial charge >= 0.3 is 0 Å². The second-order valence-corrected chi connectivity index (χ2v) is 5.61. The molecule has 0 aliphatic heterocycles. The van der Waals surface area contributed by atoms with Crippen LogP contribution in [0.15, 0.2) is 24.3 Å². The van der Waals surface area contributed by atoms with Crippen LogP contribution in [-0.2, 0) is 10.5 Å². The van der Waals surface area contributed by atoms with Crippen LogP contribution in [0.3, 0.4) is 0 Å². The monoisotopic (exact) mass is 287 g/mol. The van der Waals surface area contributed by atoms with Crippen LogP contribution in [0, 0.1) is 0 Å². The molecule has 0 heterocycles. The second kappa shape index (κ2) is 10.7. The van der Waals surface area contributed by atoms with E-state index < -0.39 is 0 Å². The Balaban J connectivity index is 1.94. The molecule has 0 radical (unpaired) electrons. The predicted molar refractivity (Wildman–Crippen MR) is 81.6 cm³/mol. The number of methoxy groups -OCH3 is 1. The van der Waals surface area contributed by atoms with Gasteiger partial charge in [0.2, 0.25) is 0 Å². The highest BCUT2D eigenvalue weighted by atomic mass is 35.5. The molecule has 4 heteroatoms. The zero-order chi connectivity index (χ0) is 13.1. The molecule has 0 atom stereocenters. The van der Waals surface area contributed by atoms with Crippen molar-refractivity contribution >= 4 is 23.4 Å². The molecule has 1 aromatic carbocycles. The summed E-state index contributed by atoms with van der Waals surface area (Å²) < 4.78 is 4.97. The Labute approximate surface area is 119 Å². The summed E-state index contributed by atoms with van der Waals surface area (Å²) in [4.78, 5) is 0. The number of hydrogen-bond donors (Lipinski definition) is 1. The summed E-state index contributed by atoms with van der Waals surface area (Å²) in [6.45, 7) is 2.82. The molecule has 102 valence electrons. The Morgan fingerprint density at radius 2 is 2.06 bits per heavy atom. The Morgan fingerprint density at radius 1 is 1.22 bits per heavy atom. The van der Waals surface area contributed by atoms with E-state index in [9.17, 15) is 0 Å². The van der Waals surface area contributed by atoms with E-state index in [4.69, 9.17) is 16.3 Å². The van der Waals surface area contributed by atoms with Crippen molar-refractivity contribution in [3.63, 3.8) is 0 Å². The molecule has 0 bridgehead atoms. The van der Waals surface area contributed by atoms with E-state index in [2.05, 4.69) is 11.4 Å². The lowest BCUT2D eigenvalue weighted by atomic mass is 10.2. The minimum atomic E-state index is 0.793. The number of unbranched alkanes of at least 4 members (excludes halogenated alkanes) is 1. The summed E-state index contributed by atoms with van der Waals surface area (Å²) in [5.41, 5.74) is 1.24. The number of halogens is 1. The molecule has 0 aliphatic carbocycles. The summed E-state index contributed by atoms with van der Waals surface area (Å²) in [5, 5.41) is 4.23. The third-order valence-electron chi connectivity index (χ3n) is 2.59. The third-order valence-corrected chi connectivity index (χ3v) is 4.05. The summed E-state index contributed by atoms with van der Waals surface area (Å²) in [6.07, 6.45) is 2.47. The van der Waals surface area contributed by atoms with Crippen molar-refractivity contribution in [3.8, 4) is 0 Å². The van der Waals surface area contributed by atoms with Gasteiger partial charge in [0.25, 0.3) is 0 Å². The van der Waals surface area contributed by atoms with Gasteiger partial charge in [0.05, 0.1) is 6.61 Å². The zero-order valence-corrected chi connectivity index (χ0v) is 12.5. The molecule has 1 aromatic rings. The number of thioether (sulfide) groups is 1. The van der Waals surface area contributed by atoms with Crippen molar-refractivity contribution in [1.29, 1.82) is 0 Å². The lowest BCUT2D eigenvalue weighted by molar-refractivity contribution is 0.199. The van der Waals surface area contributed by atoms with Crippen LogP contribution in [0.5, 0.6) is 0 Å². The van der Waals surface area contributed by atoms with Crippen molar-refractivity contribution in [2.24, 2.45) is 0 Å². The average molecular weight is 288 g/mol.